The summed E-state index contributed by atoms with van der Waals surface area (Å²) in [5, 5.41) is 13.7. The average Bonchev–Trinajstić information content (AvgIpc) is 2.38. The highest BCUT2D eigenvalue weighted by Gasteiger charge is 2.19. The summed E-state index contributed by atoms with van der Waals surface area (Å²) in [5.74, 6) is -0.219. The normalized spacial score (nSPS) is 11.9. The molecule has 0 saturated carbocycles. The standard InChI is InChI=1S/C13H13FN4O2/c1-8(9-4-2-3-5-10(9)14)16-13-11(18(19)20)6-7-12(15)17-13/h2-8H,1H3,(H3,15,16,17). The summed E-state index contributed by atoms with van der Waals surface area (Å²) in [4.78, 5) is 14.3. The molecule has 0 amide bonds. The predicted octanol–water partition coefficient (Wildman–Crippen LogP) is 2.88. The van der Waals surface area contributed by atoms with Gasteiger partial charge in [0.2, 0.25) is 5.82 Å². The van der Waals surface area contributed by atoms with Crippen LogP contribution in [0.5, 0.6) is 0 Å². The lowest BCUT2D eigenvalue weighted by Gasteiger charge is -2.15. The van der Waals surface area contributed by atoms with Gasteiger partial charge in [-0.25, -0.2) is 9.37 Å². The van der Waals surface area contributed by atoms with Crippen molar-refractivity contribution in [1.29, 1.82) is 0 Å². The number of hydrogen-bond donors (Lipinski definition) is 2. The predicted molar refractivity (Wildman–Crippen MR) is 73.7 cm³/mol. The van der Waals surface area contributed by atoms with Gasteiger partial charge in [-0.3, -0.25) is 10.1 Å². The van der Waals surface area contributed by atoms with E-state index in [1.54, 1.807) is 25.1 Å². The minimum Gasteiger partial charge on any atom is -0.384 e. The van der Waals surface area contributed by atoms with E-state index in [4.69, 9.17) is 5.73 Å². The van der Waals surface area contributed by atoms with E-state index in [1.165, 1.54) is 18.2 Å². The molecule has 0 radical (unpaired) electrons. The number of benzene rings is 1. The molecule has 0 aliphatic heterocycles. The molecule has 0 aliphatic carbocycles. The molecule has 0 bridgehead atoms. The van der Waals surface area contributed by atoms with Crippen molar-refractivity contribution >= 4 is 17.3 Å². The van der Waals surface area contributed by atoms with E-state index in [0.717, 1.165) is 0 Å². The van der Waals surface area contributed by atoms with Gasteiger partial charge in [0.15, 0.2) is 0 Å². The van der Waals surface area contributed by atoms with Crippen molar-refractivity contribution < 1.29 is 9.31 Å². The molecule has 1 atom stereocenters. The maximum Gasteiger partial charge on any atom is 0.311 e. The molecule has 7 heteroatoms. The second-order valence-electron chi connectivity index (χ2n) is 4.25. The Morgan fingerprint density at radius 2 is 2.05 bits per heavy atom. The number of nitrogen functional groups attached to an aromatic ring is 1. The van der Waals surface area contributed by atoms with Crippen LogP contribution >= 0.6 is 0 Å². The van der Waals surface area contributed by atoms with Gasteiger partial charge in [0.25, 0.3) is 0 Å². The molecule has 6 nitrogen and oxygen atoms in total. The van der Waals surface area contributed by atoms with E-state index >= 15 is 0 Å². The number of nitrogens with zero attached hydrogens (tertiary/aromatic N) is 2. The first-order chi connectivity index (χ1) is 9.49. The van der Waals surface area contributed by atoms with Gasteiger partial charge >= 0.3 is 5.69 Å². The van der Waals surface area contributed by atoms with E-state index in [0.29, 0.717) is 5.56 Å². The second-order valence-corrected chi connectivity index (χ2v) is 4.25. The molecule has 1 unspecified atom stereocenters. The van der Waals surface area contributed by atoms with Crippen LogP contribution in [0.2, 0.25) is 0 Å². The number of hydrogen-bond acceptors (Lipinski definition) is 5. The highest BCUT2D eigenvalue weighted by Crippen LogP contribution is 2.27. The minimum atomic E-state index is -0.567. The Labute approximate surface area is 114 Å². The number of anilines is 2. The van der Waals surface area contributed by atoms with E-state index in [2.05, 4.69) is 10.3 Å². The summed E-state index contributed by atoms with van der Waals surface area (Å²) >= 11 is 0. The van der Waals surface area contributed by atoms with Crippen LogP contribution in [0.1, 0.15) is 18.5 Å². The average molecular weight is 276 g/mol. The zero-order chi connectivity index (χ0) is 14.7. The lowest BCUT2D eigenvalue weighted by atomic mass is 10.1. The third-order valence-corrected chi connectivity index (χ3v) is 2.82. The molecule has 1 aromatic carbocycles. The Hall–Kier alpha value is -2.70. The molecule has 3 N–H and O–H groups in total. The van der Waals surface area contributed by atoms with Gasteiger partial charge in [-0.1, -0.05) is 18.2 Å². The molecule has 2 rings (SSSR count). The summed E-state index contributed by atoms with van der Waals surface area (Å²) in [6.45, 7) is 1.69. The van der Waals surface area contributed by atoms with Crippen molar-refractivity contribution in [2.75, 3.05) is 11.1 Å². The van der Waals surface area contributed by atoms with Crippen LogP contribution in [0.4, 0.5) is 21.7 Å². The van der Waals surface area contributed by atoms with Crippen LogP contribution in [-0.4, -0.2) is 9.91 Å². The van der Waals surface area contributed by atoms with Crippen molar-refractivity contribution in [1.82, 2.24) is 4.98 Å². The molecule has 1 aromatic heterocycles. The maximum atomic E-state index is 13.7. The quantitative estimate of drug-likeness (QED) is 0.661. The van der Waals surface area contributed by atoms with Crippen molar-refractivity contribution in [3.63, 3.8) is 0 Å². The van der Waals surface area contributed by atoms with Crippen molar-refractivity contribution in [3.8, 4) is 0 Å². The van der Waals surface area contributed by atoms with E-state index in [9.17, 15) is 14.5 Å². The molecule has 0 fully saturated rings. The van der Waals surface area contributed by atoms with Crippen molar-refractivity contribution in [2.24, 2.45) is 0 Å². The largest absolute Gasteiger partial charge is 0.384 e. The maximum absolute atomic E-state index is 13.7. The Morgan fingerprint density at radius 3 is 2.70 bits per heavy atom. The molecular weight excluding hydrogens is 263 g/mol. The van der Waals surface area contributed by atoms with Crippen LogP contribution < -0.4 is 11.1 Å². The summed E-state index contributed by atoms with van der Waals surface area (Å²) in [6.07, 6.45) is 0. The fourth-order valence-corrected chi connectivity index (χ4v) is 1.83. The fourth-order valence-electron chi connectivity index (χ4n) is 1.83. The van der Waals surface area contributed by atoms with Crippen LogP contribution in [0.3, 0.4) is 0 Å². The van der Waals surface area contributed by atoms with Crippen LogP contribution in [0, 0.1) is 15.9 Å². The smallest absolute Gasteiger partial charge is 0.311 e. The van der Waals surface area contributed by atoms with Gasteiger partial charge in [0.05, 0.1) is 11.0 Å². The zero-order valence-electron chi connectivity index (χ0n) is 10.7. The van der Waals surface area contributed by atoms with E-state index in [1.807, 2.05) is 0 Å². The first kappa shape index (κ1) is 13.7. The molecule has 0 aliphatic rings. The first-order valence-electron chi connectivity index (χ1n) is 5.91. The third kappa shape index (κ3) is 2.82. The number of nitrogens with two attached hydrogens (primary N) is 1. The van der Waals surface area contributed by atoms with E-state index < -0.39 is 11.0 Å². The highest BCUT2D eigenvalue weighted by molar-refractivity contribution is 5.60. The highest BCUT2D eigenvalue weighted by atomic mass is 19.1. The van der Waals surface area contributed by atoms with Gasteiger partial charge in [-0.2, -0.15) is 0 Å². The van der Waals surface area contributed by atoms with Crippen molar-refractivity contribution in [3.05, 3.63) is 57.9 Å². The lowest BCUT2D eigenvalue weighted by Crippen LogP contribution is -2.12. The molecule has 20 heavy (non-hydrogen) atoms. The van der Waals surface area contributed by atoms with Crippen molar-refractivity contribution in [2.45, 2.75) is 13.0 Å². The Bertz CT molecular complexity index is 648. The van der Waals surface area contributed by atoms with Gasteiger partial charge < -0.3 is 11.1 Å². The van der Waals surface area contributed by atoms with Gasteiger partial charge in [-0.05, 0) is 19.1 Å². The number of halogens is 1. The lowest BCUT2D eigenvalue weighted by molar-refractivity contribution is -0.384. The number of nitro groups is 1. The van der Waals surface area contributed by atoms with Gasteiger partial charge in [0.1, 0.15) is 11.6 Å². The Kier molecular flexibility index (Phi) is 3.79. The molecule has 1 heterocycles. The molecule has 2 aromatic rings. The molecule has 104 valence electrons. The topological polar surface area (TPSA) is 94.1 Å². The zero-order valence-corrected chi connectivity index (χ0v) is 10.7. The minimum absolute atomic E-state index is 0.0192. The first-order valence-corrected chi connectivity index (χ1v) is 5.91. The SMILES string of the molecule is CC(Nc1nc(N)ccc1[N+](=O)[O-])c1ccccc1F. The molecular formula is C13H13FN4O2. The summed E-state index contributed by atoms with van der Waals surface area (Å²) < 4.78 is 13.7. The number of pyridine rings is 1. The summed E-state index contributed by atoms with van der Waals surface area (Å²) in [5.41, 5.74) is 5.71. The molecule has 0 spiro atoms. The molecule has 0 saturated heterocycles. The van der Waals surface area contributed by atoms with Crippen LogP contribution in [0.15, 0.2) is 36.4 Å². The fraction of sp³-hybridized carbons (Fsp3) is 0.154. The third-order valence-electron chi connectivity index (χ3n) is 2.82. The number of aromatic nitrogens is 1. The number of nitrogens with one attached hydrogen (secondary N) is 1. The Morgan fingerprint density at radius 1 is 1.35 bits per heavy atom. The number of rotatable bonds is 4. The second kappa shape index (κ2) is 5.52. The Balaban J connectivity index is 2.32. The monoisotopic (exact) mass is 276 g/mol. The van der Waals surface area contributed by atoms with Crippen LogP contribution in [0.25, 0.3) is 0 Å². The van der Waals surface area contributed by atoms with E-state index in [-0.39, 0.29) is 23.1 Å². The van der Waals surface area contributed by atoms with Crippen LogP contribution in [-0.2, 0) is 0 Å². The van der Waals surface area contributed by atoms with Gasteiger partial charge in [0, 0.05) is 11.6 Å². The summed E-state index contributed by atoms with van der Waals surface area (Å²) in [6, 6.07) is 8.32. The summed E-state index contributed by atoms with van der Waals surface area (Å²) in [7, 11) is 0. The van der Waals surface area contributed by atoms with Gasteiger partial charge in [-0.15, -0.1) is 0 Å².